The van der Waals surface area contributed by atoms with Crippen molar-refractivity contribution in [2.75, 3.05) is 6.61 Å². The van der Waals surface area contributed by atoms with E-state index in [-0.39, 0.29) is 11.8 Å². The number of hydrogen-bond acceptors (Lipinski definition) is 4. The van der Waals surface area contributed by atoms with E-state index in [4.69, 9.17) is 11.2 Å². The Morgan fingerprint density at radius 3 is 2.83 bits per heavy atom. The lowest BCUT2D eigenvalue weighted by Gasteiger charge is -2.06. The van der Waals surface area contributed by atoms with Gasteiger partial charge in [0.05, 0.1) is 4.91 Å². The molecule has 0 unspecified atom stereocenters. The van der Waals surface area contributed by atoms with E-state index >= 15 is 0 Å². The van der Waals surface area contributed by atoms with Crippen molar-refractivity contribution in [1.82, 2.24) is 5.32 Å². The molecular weight excluding hydrogens is 250 g/mol. The summed E-state index contributed by atoms with van der Waals surface area (Å²) in [5.74, 6) is 2.56. The van der Waals surface area contributed by atoms with Crippen LogP contribution in [0.1, 0.15) is 5.56 Å². The molecule has 0 bridgehead atoms. The average molecular weight is 259 g/mol. The van der Waals surface area contributed by atoms with Gasteiger partial charge in [0.25, 0.3) is 11.1 Å². The Labute approximate surface area is 108 Å². The third kappa shape index (κ3) is 2.73. The van der Waals surface area contributed by atoms with Crippen molar-refractivity contribution in [3.63, 3.8) is 0 Å². The van der Waals surface area contributed by atoms with Gasteiger partial charge < -0.3 is 4.74 Å². The summed E-state index contributed by atoms with van der Waals surface area (Å²) < 4.78 is 5.35. The lowest BCUT2D eigenvalue weighted by atomic mass is 10.2. The Kier molecular flexibility index (Phi) is 3.70. The first-order valence-electron chi connectivity index (χ1n) is 5.11. The number of terminal acetylenes is 1. The molecule has 1 aromatic rings. The fourth-order valence-corrected chi connectivity index (χ4v) is 2.09. The van der Waals surface area contributed by atoms with Crippen LogP contribution in [0.5, 0.6) is 5.75 Å². The van der Waals surface area contributed by atoms with Crippen LogP contribution in [0.3, 0.4) is 0 Å². The molecule has 1 aliphatic rings. The molecule has 1 saturated heterocycles. The zero-order valence-corrected chi connectivity index (χ0v) is 10.1. The van der Waals surface area contributed by atoms with E-state index in [1.807, 2.05) is 6.07 Å². The standard InChI is InChI=1S/C13H9NO3S/c1-2-7-17-10-6-4-3-5-9(10)8-11-12(15)14-13(16)18-11/h1,3-6,8H,7H2,(H,14,15,16)/b11-8+. The number of ether oxygens (including phenoxy) is 1. The molecule has 0 atom stereocenters. The van der Waals surface area contributed by atoms with Crippen molar-refractivity contribution in [1.29, 1.82) is 0 Å². The van der Waals surface area contributed by atoms with Gasteiger partial charge in [-0.05, 0) is 23.9 Å². The number of hydrogen-bond donors (Lipinski definition) is 1. The van der Waals surface area contributed by atoms with Gasteiger partial charge in [0.15, 0.2) is 0 Å². The van der Waals surface area contributed by atoms with Crippen LogP contribution in [0, 0.1) is 12.3 Å². The second kappa shape index (κ2) is 5.43. The van der Waals surface area contributed by atoms with Gasteiger partial charge in [-0.25, -0.2) is 0 Å². The minimum Gasteiger partial charge on any atom is -0.480 e. The highest BCUT2D eigenvalue weighted by molar-refractivity contribution is 8.18. The van der Waals surface area contributed by atoms with Crippen LogP contribution in [0.25, 0.3) is 6.08 Å². The number of para-hydroxylation sites is 1. The second-order valence-electron chi connectivity index (χ2n) is 3.38. The number of benzene rings is 1. The molecule has 1 heterocycles. The molecule has 1 fully saturated rings. The molecule has 0 aromatic heterocycles. The SMILES string of the molecule is C#CCOc1ccccc1/C=C1/SC(=O)NC1=O. The van der Waals surface area contributed by atoms with Crippen LogP contribution >= 0.6 is 11.8 Å². The largest absolute Gasteiger partial charge is 0.480 e. The number of nitrogens with one attached hydrogen (secondary N) is 1. The molecule has 2 amide bonds. The van der Waals surface area contributed by atoms with Gasteiger partial charge in [-0.1, -0.05) is 24.1 Å². The van der Waals surface area contributed by atoms with Crippen molar-refractivity contribution in [3.05, 3.63) is 34.7 Å². The van der Waals surface area contributed by atoms with Crippen molar-refractivity contribution >= 4 is 29.0 Å². The highest BCUT2D eigenvalue weighted by Gasteiger charge is 2.25. The van der Waals surface area contributed by atoms with E-state index in [9.17, 15) is 9.59 Å². The number of imide groups is 1. The Morgan fingerprint density at radius 2 is 2.17 bits per heavy atom. The third-order valence-corrected chi connectivity index (χ3v) is 2.97. The van der Waals surface area contributed by atoms with Crippen molar-refractivity contribution in [2.45, 2.75) is 0 Å². The molecule has 90 valence electrons. The summed E-state index contributed by atoms with van der Waals surface area (Å²) in [5.41, 5.74) is 0.708. The molecule has 0 aliphatic carbocycles. The van der Waals surface area contributed by atoms with Gasteiger partial charge in [-0.2, -0.15) is 0 Å². The van der Waals surface area contributed by atoms with E-state index in [0.29, 0.717) is 16.2 Å². The summed E-state index contributed by atoms with van der Waals surface area (Å²) in [4.78, 5) is 22.8. The van der Waals surface area contributed by atoms with Crippen molar-refractivity contribution < 1.29 is 14.3 Å². The summed E-state index contributed by atoms with van der Waals surface area (Å²) in [6.45, 7) is 0.151. The Bertz CT molecular complexity index is 572. The number of amides is 2. The summed E-state index contributed by atoms with van der Waals surface area (Å²) in [6, 6.07) is 7.16. The van der Waals surface area contributed by atoms with Crippen molar-refractivity contribution in [3.8, 4) is 18.1 Å². The normalized spacial score (nSPS) is 16.5. The van der Waals surface area contributed by atoms with Crippen LogP contribution in [-0.4, -0.2) is 17.8 Å². The van der Waals surface area contributed by atoms with E-state index in [0.717, 1.165) is 11.8 Å². The Balaban J connectivity index is 2.29. The summed E-state index contributed by atoms with van der Waals surface area (Å²) in [7, 11) is 0. The first-order chi connectivity index (χ1) is 8.70. The predicted molar refractivity (Wildman–Crippen MR) is 69.9 cm³/mol. The lowest BCUT2D eigenvalue weighted by Crippen LogP contribution is -2.17. The lowest BCUT2D eigenvalue weighted by molar-refractivity contribution is -0.115. The van der Waals surface area contributed by atoms with Gasteiger partial charge in [0, 0.05) is 5.56 Å². The molecule has 0 radical (unpaired) electrons. The number of thioether (sulfide) groups is 1. The monoisotopic (exact) mass is 259 g/mol. The predicted octanol–water partition coefficient (Wildman–Crippen LogP) is 2.02. The van der Waals surface area contributed by atoms with E-state index in [2.05, 4.69) is 11.2 Å². The molecule has 0 spiro atoms. The van der Waals surface area contributed by atoms with Crippen molar-refractivity contribution in [2.24, 2.45) is 0 Å². The first-order valence-corrected chi connectivity index (χ1v) is 5.92. The number of carbonyl (C=O) groups is 2. The number of carbonyl (C=O) groups excluding carboxylic acids is 2. The van der Waals surface area contributed by atoms with Crippen LogP contribution in [0.4, 0.5) is 4.79 Å². The molecule has 1 aromatic carbocycles. The zero-order chi connectivity index (χ0) is 13.0. The molecule has 1 aliphatic heterocycles. The summed E-state index contributed by atoms with van der Waals surface area (Å²) in [5, 5.41) is 1.83. The van der Waals surface area contributed by atoms with Gasteiger partial charge in [0.2, 0.25) is 0 Å². The quantitative estimate of drug-likeness (QED) is 0.666. The van der Waals surface area contributed by atoms with Crippen LogP contribution < -0.4 is 10.1 Å². The number of rotatable bonds is 3. The highest BCUT2D eigenvalue weighted by atomic mass is 32.2. The van der Waals surface area contributed by atoms with Crippen LogP contribution in [-0.2, 0) is 4.79 Å². The van der Waals surface area contributed by atoms with Crippen LogP contribution in [0.2, 0.25) is 0 Å². The maximum atomic E-state index is 11.4. The smallest absolute Gasteiger partial charge is 0.290 e. The zero-order valence-electron chi connectivity index (χ0n) is 9.30. The third-order valence-electron chi connectivity index (χ3n) is 2.16. The molecule has 5 heteroatoms. The maximum Gasteiger partial charge on any atom is 0.290 e. The average Bonchev–Trinajstić information content (AvgIpc) is 2.67. The fourth-order valence-electron chi connectivity index (χ4n) is 1.41. The maximum absolute atomic E-state index is 11.4. The first kappa shape index (κ1) is 12.3. The van der Waals surface area contributed by atoms with Gasteiger partial charge in [0.1, 0.15) is 12.4 Å². The summed E-state index contributed by atoms with van der Waals surface area (Å²) >= 11 is 0.867. The van der Waals surface area contributed by atoms with Gasteiger partial charge in [-0.3, -0.25) is 14.9 Å². The molecule has 2 rings (SSSR count). The van der Waals surface area contributed by atoms with E-state index in [1.165, 1.54) is 0 Å². The summed E-state index contributed by atoms with van der Waals surface area (Å²) in [6.07, 6.45) is 6.73. The van der Waals surface area contributed by atoms with Gasteiger partial charge >= 0.3 is 0 Å². The second-order valence-corrected chi connectivity index (χ2v) is 4.40. The van der Waals surface area contributed by atoms with E-state index in [1.54, 1.807) is 24.3 Å². The molecule has 0 saturated carbocycles. The van der Waals surface area contributed by atoms with E-state index < -0.39 is 5.91 Å². The van der Waals surface area contributed by atoms with Crippen LogP contribution in [0.15, 0.2) is 29.2 Å². The topological polar surface area (TPSA) is 55.4 Å². The Morgan fingerprint density at radius 1 is 1.39 bits per heavy atom. The minimum atomic E-state index is -0.392. The molecule has 18 heavy (non-hydrogen) atoms. The Hall–Kier alpha value is -2.19. The van der Waals surface area contributed by atoms with Gasteiger partial charge in [-0.15, -0.1) is 6.42 Å². The molecular formula is C13H9NO3S. The molecule has 1 N–H and O–H groups in total. The fraction of sp³-hybridized carbons (Fsp3) is 0.0769. The minimum absolute atomic E-state index is 0.151. The highest BCUT2D eigenvalue weighted by Crippen LogP contribution is 2.28. The molecule has 4 nitrogen and oxygen atoms in total.